The van der Waals surface area contributed by atoms with Crippen LogP contribution in [0.4, 0.5) is 0 Å². The molecule has 3 heteroatoms. The molecule has 3 rings (SSSR count). The maximum Gasteiger partial charge on any atom is 0.167 e. The lowest BCUT2D eigenvalue weighted by Gasteiger charge is -2.30. The van der Waals surface area contributed by atoms with E-state index in [0.717, 1.165) is 18.7 Å². The van der Waals surface area contributed by atoms with Gasteiger partial charge < -0.3 is 10.1 Å². The maximum absolute atomic E-state index is 11.1. The molecule has 2 aromatic rings. The molecule has 0 aliphatic heterocycles. The number of benzene rings is 2. The number of rotatable bonds is 7. The Bertz CT molecular complexity index is 683. The normalized spacial score (nSPS) is 20.2. The Labute approximate surface area is 150 Å². The van der Waals surface area contributed by atoms with E-state index in [1.807, 2.05) is 12.1 Å². The fraction of sp³-hybridized carbons (Fsp3) is 0.409. The third kappa shape index (κ3) is 5.43. The van der Waals surface area contributed by atoms with Crippen LogP contribution in [-0.2, 0) is 11.3 Å². The Morgan fingerprint density at radius 2 is 1.96 bits per heavy atom. The SMILES string of the molecule is CC(=O)COc1cccc(C2CCCC(NCc3ccccc3)C2)c1. The van der Waals surface area contributed by atoms with Crippen LogP contribution in [0.2, 0.25) is 0 Å². The molecule has 2 unspecified atom stereocenters. The minimum Gasteiger partial charge on any atom is -0.486 e. The van der Waals surface area contributed by atoms with Gasteiger partial charge in [-0.25, -0.2) is 0 Å². The van der Waals surface area contributed by atoms with Crippen molar-refractivity contribution in [1.29, 1.82) is 0 Å². The molecule has 2 aromatic carbocycles. The van der Waals surface area contributed by atoms with Crippen LogP contribution in [0.5, 0.6) is 5.75 Å². The van der Waals surface area contributed by atoms with Crippen molar-refractivity contribution in [2.45, 2.75) is 51.1 Å². The number of hydrogen-bond donors (Lipinski definition) is 1. The average Bonchev–Trinajstić information content (AvgIpc) is 2.66. The van der Waals surface area contributed by atoms with Crippen LogP contribution < -0.4 is 10.1 Å². The lowest BCUT2D eigenvalue weighted by molar-refractivity contribution is -0.118. The van der Waals surface area contributed by atoms with E-state index in [0.29, 0.717) is 12.0 Å². The van der Waals surface area contributed by atoms with Crippen molar-refractivity contribution in [3.05, 3.63) is 65.7 Å². The van der Waals surface area contributed by atoms with Crippen LogP contribution in [0, 0.1) is 0 Å². The second kappa shape index (κ2) is 8.82. The van der Waals surface area contributed by atoms with Crippen molar-refractivity contribution in [3.8, 4) is 5.75 Å². The summed E-state index contributed by atoms with van der Waals surface area (Å²) >= 11 is 0. The Morgan fingerprint density at radius 1 is 1.12 bits per heavy atom. The van der Waals surface area contributed by atoms with Gasteiger partial charge in [0, 0.05) is 12.6 Å². The first kappa shape index (κ1) is 17.7. The minimum absolute atomic E-state index is 0.0493. The van der Waals surface area contributed by atoms with Crippen molar-refractivity contribution < 1.29 is 9.53 Å². The summed E-state index contributed by atoms with van der Waals surface area (Å²) in [6.07, 6.45) is 4.86. The van der Waals surface area contributed by atoms with E-state index in [4.69, 9.17) is 4.74 Å². The average molecular weight is 337 g/mol. The Morgan fingerprint density at radius 3 is 2.76 bits per heavy atom. The maximum atomic E-state index is 11.1. The lowest BCUT2D eigenvalue weighted by Crippen LogP contribution is -2.33. The van der Waals surface area contributed by atoms with Gasteiger partial charge in [-0.15, -0.1) is 0 Å². The molecule has 0 heterocycles. The number of carbonyl (C=O) groups is 1. The Hall–Kier alpha value is -2.13. The molecule has 0 radical (unpaired) electrons. The minimum atomic E-state index is 0.0493. The number of carbonyl (C=O) groups excluding carboxylic acids is 1. The van der Waals surface area contributed by atoms with Gasteiger partial charge in [0.05, 0.1) is 0 Å². The van der Waals surface area contributed by atoms with Crippen LogP contribution >= 0.6 is 0 Å². The van der Waals surface area contributed by atoms with Crippen LogP contribution in [0.1, 0.15) is 49.7 Å². The van der Waals surface area contributed by atoms with Crippen LogP contribution in [-0.4, -0.2) is 18.4 Å². The van der Waals surface area contributed by atoms with Crippen molar-refractivity contribution in [3.63, 3.8) is 0 Å². The first-order valence-corrected chi connectivity index (χ1v) is 9.20. The summed E-state index contributed by atoms with van der Waals surface area (Å²) < 4.78 is 5.57. The lowest BCUT2D eigenvalue weighted by atomic mass is 9.81. The number of ether oxygens (including phenoxy) is 1. The van der Waals surface area contributed by atoms with Gasteiger partial charge in [-0.2, -0.15) is 0 Å². The van der Waals surface area contributed by atoms with Gasteiger partial charge in [-0.3, -0.25) is 4.79 Å². The van der Waals surface area contributed by atoms with Crippen LogP contribution in [0.25, 0.3) is 0 Å². The molecule has 0 aromatic heterocycles. The molecular weight excluding hydrogens is 310 g/mol. The summed E-state index contributed by atoms with van der Waals surface area (Å²) in [5.41, 5.74) is 2.66. The van der Waals surface area contributed by atoms with Crippen molar-refractivity contribution in [1.82, 2.24) is 5.32 Å². The van der Waals surface area contributed by atoms with E-state index in [1.54, 1.807) is 6.92 Å². The van der Waals surface area contributed by atoms with E-state index in [2.05, 4.69) is 47.8 Å². The fourth-order valence-corrected chi connectivity index (χ4v) is 3.58. The Kier molecular flexibility index (Phi) is 6.24. The third-order valence-electron chi connectivity index (χ3n) is 4.88. The first-order valence-electron chi connectivity index (χ1n) is 9.20. The highest BCUT2D eigenvalue weighted by Crippen LogP contribution is 2.34. The van der Waals surface area contributed by atoms with E-state index < -0.39 is 0 Å². The predicted molar refractivity (Wildman–Crippen MR) is 101 cm³/mol. The molecule has 25 heavy (non-hydrogen) atoms. The van der Waals surface area contributed by atoms with E-state index >= 15 is 0 Å². The van der Waals surface area contributed by atoms with Gasteiger partial charge >= 0.3 is 0 Å². The van der Waals surface area contributed by atoms with Crippen LogP contribution in [0.3, 0.4) is 0 Å². The van der Waals surface area contributed by atoms with E-state index in [1.165, 1.54) is 30.4 Å². The van der Waals surface area contributed by atoms with Crippen molar-refractivity contribution in [2.24, 2.45) is 0 Å². The fourth-order valence-electron chi connectivity index (χ4n) is 3.58. The molecule has 0 amide bonds. The molecule has 0 saturated heterocycles. The summed E-state index contributed by atoms with van der Waals surface area (Å²) in [4.78, 5) is 11.1. The number of ketones is 1. The second-order valence-corrected chi connectivity index (χ2v) is 6.99. The summed E-state index contributed by atoms with van der Waals surface area (Å²) in [6, 6.07) is 19.4. The summed E-state index contributed by atoms with van der Waals surface area (Å²) in [5, 5.41) is 3.72. The van der Waals surface area contributed by atoms with Gasteiger partial charge in [-0.1, -0.05) is 48.9 Å². The quantitative estimate of drug-likeness (QED) is 0.810. The second-order valence-electron chi connectivity index (χ2n) is 6.99. The topological polar surface area (TPSA) is 38.3 Å². The van der Waals surface area contributed by atoms with Gasteiger partial charge in [0.15, 0.2) is 5.78 Å². The monoisotopic (exact) mass is 337 g/mol. The highest BCUT2D eigenvalue weighted by atomic mass is 16.5. The van der Waals surface area contributed by atoms with Crippen molar-refractivity contribution in [2.75, 3.05) is 6.61 Å². The Balaban J connectivity index is 1.57. The first-order chi connectivity index (χ1) is 12.2. The summed E-state index contributed by atoms with van der Waals surface area (Å²) in [6.45, 7) is 2.63. The predicted octanol–water partition coefficient (Wildman–Crippen LogP) is 4.47. The molecule has 1 saturated carbocycles. The molecule has 1 aliphatic rings. The van der Waals surface area contributed by atoms with E-state index in [9.17, 15) is 4.79 Å². The standard InChI is InChI=1S/C22H27NO2/c1-17(24)16-25-22-12-6-10-20(14-22)19-9-5-11-21(13-19)23-15-18-7-3-2-4-8-18/h2-4,6-8,10,12,14,19,21,23H,5,9,11,13,15-16H2,1H3. The highest BCUT2D eigenvalue weighted by Gasteiger charge is 2.23. The number of hydrogen-bond acceptors (Lipinski definition) is 3. The molecule has 0 bridgehead atoms. The molecule has 1 fully saturated rings. The zero-order valence-electron chi connectivity index (χ0n) is 14.9. The van der Waals surface area contributed by atoms with Gasteiger partial charge in [-0.05, 0) is 55.4 Å². The van der Waals surface area contributed by atoms with Gasteiger partial charge in [0.1, 0.15) is 12.4 Å². The molecule has 2 atom stereocenters. The zero-order valence-corrected chi connectivity index (χ0v) is 14.9. The molecule has 132 valence electrons. The smallest absolute Gasteiger partial charge is 0.167 e. The number of Topliss-reactive ketones (excluding diaryl/α,β-unsaturated/α-hetero) is 1. The summed E-state index contributed by atoms with van der Waals surface area (Å²) in [7, 11) is 0. The van der Waals surface area contributed by atoms with Gasteiger partial charge in [0.2, 0.25) is 0 Å². The molecule has 3 nitrogen and oxygen atoms in total. The molecule has 1 aliphatic carbocycles. The molecule has 0 spiro atoms. The molecule has 1 N–H and O–H groups in total. The van der Waals surface area contributed by atoms with Crippen molar-refractivity contribution >= 4 is 5.78 Å². The molecular formula is C22H27NO2. The third-order valence-corrected chi connectivity index (χ3v) is 4.88. The highest BCUT2D eigenvalue weighted by molar-refractivity contribution is 5.77. The summed E-state index contributed by atoms with van der Waals surface area (Å²) in [5.74, 6) is 1.41. The van der Waals surface area contributed by atoms with Crippen LogP contribution in [0.15, 0.2) is 54.6 Å². The largest absolute Gasteiger partial charge is 0.486 e. The van der Waals surface area contributed by atoms with E-state index in [-0.39, 0.29) is 12.4 Å². The zero-order chi connectivity index (χ0) is 17.5. The number of nitrogens with one attached hydrogen (secondary N) is 1. The van der Waals surface area contributed by atoms with Gasteiger partial charge in [0.25, 0.3) is 0 Å².